The number of likely N-dealkylation sites (N-methyl/N-ethyl adjacent to an activating group) is 1. The fraction of sp³-hybridized carbons (Fsp3) is 0.318. The number of amides is 1. The van der Waals surface area contributed by atoms with Gasteiger partial charge in [-0.3, -0.25) is 4.79 Å². The molecule has 0 spiro atoms. The molecular formula is C22H25N3O3. The molecule has 0 unspecified atom stereocenters. The molecule has 0 saturated heterocycles. The van der Waals surface area contributed by atoms with Crippen LogP contribution in [0.2, 0.25) is 0 Å². The highest BCUT2D eigenvalue weighted by molar-refractivity contribution is 5.77. The van der Waals surface area contributed by atoms with Crippen molar-refractivity contribution >= 4 is 5.91 Å². The van der Waals surface area contributed by atoms with Crippen LogP contribution in [0, 0.1) is 20.8 Å². The third kappa shape index (κ3) is 4.76. The van der Waals surface area contributed by atoms with Crippen LogP contribution < -0.4 is 4.74 Å². The first-order valence-corrected chi connectivity index (χ1v) is 9.33. The van der Waals surface area contributed by atoms with Gasteiger partial charge < -0.3 is 14.2 Å². The number of hydrogen-bond donors (Lipinski definition) is 0. The first-order chi connectivity index (χ1) is 13.5. The Morgan fingerprint density at radius 3 is 2.64 bits per heavy atom. The normalized spacial score (nSPS) is 10.7. The van der Waals surface area contributed by atoms with E-state index < -0.39 is 0 Å². The Kier molecular flexibility index (Phi) is 6.09. The molecule has 0 saturated carbocycles. The number of ether oxygens (including phenoxy) is 1. The van der Waals surface area contributed by atoms with Gasteiger partial charge in [0.15, 0.2) is 6.61 Å². The number of rotatable bonds is 7. The summed E-state index contributed by atoms with van der Waals surface area (Å²) in [5, 5.41) is 4.03. The van der Waals surface area contributed by atoms with Crippen molar-refractivity contribution in [2.75, 3.05) is 13.2 Å². The Hall–Kier alpha value is -3.15. The molecule has 0 aliphatic rings. The fourth-order valence-corrected chi connectivity index (χ4v) is 2.80. The largest absolute Gasteiger partial charge is 0.484 e. The minimum absolute atomic E-state index is 0.0325. The molecule has 0 radical (unpaired) electrons. The summed E-state index contributed by atoms with van der Waals surface area (Å²) < 4.78 is 11.0. The highest BCUT2D eigenvalue weighted by Crippen LogP contribution is 2.18. The van der Waals surface area contributed by atoms with Crippen molar-refractivity contribution in [3.05, 3.63) is 65.0 Å². The lowest BCUT2D eigenvalue weighted by Gasteiger charge is -2.19. The van der Waals surface area contributed by atoms with E-state index in [9.17, 15) is 4.79 Å². The summed E-state index contributed by atoms with van der Waals surface area (Å²) in [7, 11) is 0. The zero-order valence-corrected chi connectivity index (χ0v) is 16.7. The molecule has 2 aromatic carbocycles. The number of hydrogen-bond acceptors (Lipinski definition) is 5. The van der Waals surface area contributed by atoms with Crippen molar-refractivity contribution in [1.29, 1.82) is 0 Å². The average molecular weight is 379 g/mol. The second-order valence-electron chi connectivity index (χ2n) is 6.82. The monoisotopic (exact) mass is 379 g/mol. The minimum atomic E-state index is -0.129. The molecule has 3 rings (SSSR count). The highest BCUT2D eigenvalue weighted by Gasteiger charge is 2.17. The zero-order valence-electron chi connectivity index (χ0n) is 16.7. The average Bonchev–Trinajstić information content (AvgIpc) is 3.15. The molecule has 0 fully saturated rings. The van der Waals surface area contributed by atoms with Gasteiger partial charge in [-0.1, -0.05) is 35.0 Å². The summed E-state index contributed by atoms with van der Waals surface area (Å²) in [6, 6.07) is 13.7. The lowest BCUT2D eigenvalue weighted by atomic mass is 10.1. The molecule has 0 aliphatic carbocycles. The Labute approximate surface area is 165 Å². The first kappa shape index (κ1) is 19.6. The van der Waals surface area contributed by atoms with Crippen LogP contribution in [0.4, 0.5) is 0 Å². The number of nitrogens with zero attached hydrogens (tertiary/aromatic N) is 3. The van der Waals surface area contributed by atoms with Crippen molar-refractivity contribution in [1.82, 2.24) is 15.0 Å². The van der Waals surface area contributed by atoms with Crippen LogP contribution in [-0.4, -0.2) is 34.1 Å². The lowest BCUT2D eigenvalue weighted by Crippen LogP contribution is -2.34. The van der Waals surface area contributed by atoms with Gasteiger partial charge in [-0.2, -0.15) is 4.98 Å². The molecule has 0 N–H and O–H groups in total. The van der Waals surface area contributed by atoms with Crippen LogP contribution >= 0.6 is 0 Å². The van der Waals surface area contributed by atoms with Crippen LogP contribution in [0.5, 0.6) is 5.75 Å². The van der Waals surface area contributed by atoms with E-state index in [0.717, 1.165) is 16.7 Å². The van der Waals surface area contributed by atoms with Gasteiger partial charge in [0.05, 0.1) is 0 Å². The number of aryl methyl sites for hydroxylation is 3. The summed E-state index contributed by atoms with van der Waals surface area (Å²) >= 11 is 0. The maximum atomic E-state index is 12.5. The van der Waals surface area contributed by atoms with E-state index in [1.54, 1.807) is 4.90 Å². The zero-order chi connectivity index (χ0) is 20.1. The third-order valence-corrected chi connectivity index (χ3v) is 4.65. The van der Waals surface area contributed by atoms with E-state index >= 15 is 0 Å². The van der Waals surface area contributed by atoms with Gasteiger partial charge in [-0.15, -0.1) is 0 Å². The van der Waals surface area contributed by atoms with Crippen molar-refractivity contribution in [2.24, 2.45) is 0 Å². The van der Waals surface area contributed by atoms with Gasteiger partial charge in [-0.05, 0) is 57.0 Å². The number of carbonyl (C=O) groups excluding carboxylic acids is 1. The van der Waals surface area contributed by atoms with Gasteiger partial charge in [-0.25, -0.2) is 0 Å². The van der Waals surface area contributed by atoms with Crippen LogP contribution in [0.15, 0.2) is 47.0 Å². The number of carbonyl (C=O) groups is 1. The highest BCUT2D eigenvalue weighted by atomic mass is 16.5. The van der Waals surface area contributed by atoms with Crippen LogP contribution in [0.3, 0.4) is 0 Å². The van der Waals surface area contributed by atoms with Crippen molar-refractivity contribution in [3.8, 4) is 17.1 Å². The topological polar surface area (TPSA) is 68.5 Å². The molecule has 0 atom stereocenters. The maximum absolute atomic E-state index is 12.5. The molecule has 6 heteroatoms. The minimum Gasteiger partial charge on any atom is -0.484 e. The quantitative estimate of drug-likeness (QED) is 0.618. The van der Waals surface area contributed by atoms with Gasteiger partial charge in [0.25, 0.3) is 5.91 Å². The third-order valence-electron chi connectivity index (χ3n) is 4.65. The number of aromatic nitrogens is 2. The molecule has 0 bridgehead atoms. The van der Waals surface area contributed by atoms with Crippen LogP contribution in [0.1, 0.15) is 29.5 Å². The van der Waals surface area contributed by atoms with Crippen LogP contribution in [-0.2, 0) is 11.3 Å². The molecule has 0 aliphatic heterocycles. The van der Waals surface area contributed by atoms with Gasteiger partial charge in [0.1, 0.15) is 12.3 Å². The first-order valence-electron chi connectivity index (χ1n) is 9.33. The van der Waals surface area contributed by atoms with E-state index in [2.05, 4.69) is 10.1 Å². The summed E-state index contributed by atoms with van der Waals surface area (Å²) in [5.41, 5.74) is 4.33. The van der Waals surface area contributed by atoms with Gasteiger partial charge in [0, 0.05) is 12.1 Å². The Bertz CT molecular complexity index is 965. The molecule has 6 nitrogen and oxygen atoms in total. The van der Waals surface area contributed by atoms with E-state index in [1.165, 1.54) is 5.56 Å². The fourth-order valence-electron chi connectivity index (χ4n) is 2.80. The van der Waals surface area contributed by atoms with Crippen LogP contribution in [0.25, 0.3) is 11.4 Å². The van der Waals surface area contributed by atoms with E-state index in [0.29, 0.717) is 24.0 Å². The molecule has 28 heavy (non-hydrogen) atoms. The second kappa shape index (κ2) is 8.69. The van der Waals surface area contributed by atoms with E-state index in [1.807, 2.05) is 70.2 Å². The molecule has 1 amide bonds. The lowest BCUT2D eigenvalue weighted by molar-refractivity contribution is -0.134. The van der Waals surface area contributed by atoms with Crippen molar-refractivity contribution in [3.63, 3.8) is 0 Å². The van der Waals surface area contributed by atoms with Gasteiger partial charge >= 0.3 is 0 Å². The molecule has 3 aromatic rings. The Balaban J connectivity index is 1.62. The molecular weight excluding hydrogens is 354 g/mol. The second-order valence-corrected chi connectivity index (χ2v) is 6.82. The predicted molar refractivity (Wildman–Crippen MR) is 107 cm³/mol. The van der Waals surface area contributed by atoms with Crippen molar-refractivity contribution in [2.45, 2.75) is 34.2 Å². The Morgan fingerprint density at radius 2 is 1.93 bits per heavy atom. The summed E-state index contributed by atoms with van der Waals surface area (Å²) in [4.78, 5) is 18.6. The standard InChI is InChI=1S/C22H25N3O3/c1-5-25(21(26)14-27-19-10-9-16(3)17(4)12-19)13-20-23-22(24-28-20)18-8-6-7-15(2)11-18/h6-12H,5,13-14H2,1-4H3. The van der Waals surface area contributed by atoms with E-state index in [4.69, 9.17) is 9.26 Å². The van der Waals surface area contributed by atoms with E-state index in [-0.39, 0.29) is 19.1 Å². The summed E-state index contributed by atoms with van der Waals surface area (Å²) in [5.74, 6) is 1.48. The van der Waals surface area contributed by atoms with Gasteiger partial charge in [0.2, 0.25) is 11.7 Å². The van der Waals surface area contributed by atoms with Crippen molar-refractivity contribution < 1.29 is 14.1 Å². The SMILES string of the molecule is CCN(Cc1nc(-c2cccc(C)c2)no1)C(=O)COc1ccc(C)c(C)c1. The molecule has 146 valence electrons. The predicted octanol–water partition coefficient (Wildman–Crippen LogP) is 4.09. The Morgan fingerprint density at radius 1 is 1.11 bits per heavy atom. The summed E-state index contributed by atoms with van der Waals surface area (Å²) in [6.45, 7) is 8.72. The molecule has 1 aromatic heterocycles. The number of benzene rings is 2. The summed E-state index contributed by atoms with van der Waals surface area (Å²) in [6.07, 6.45) is 0. The smallest absolute Gasteiger partial charge is 0.260 e. The maximum Gasteiger partial charge on any atom is 0.260 e. The molecule has 1 heterocycles.